The molecule has 2 amide bonds. The molecular weight excluding hydrogens is 273 g/mol. The Hall–Kier alpha value is -1.83. The number of hydrogen-bond donors (Lipinski definition) is 3. The fourth-order valence-electron chi connectivity index (χ4n) is 1.27. The zero-order chi connectivity index (χ0) is 14.8. The Labute approximate surface area is 111 Å². The molecule has 19 heavy (non-hydrogen) atoms. The van der Waals surface area contributed by atoms with E-state index in [2.05, 4.69) is 5.32 Å². The Morgan fingerprint density at radius 3 is 2.42 bits per heavy atom. The molecule has 1 aromatic rings. The summed E-state index contributed by atoms with van der Waals surface area (Å²) >= 11 is 0. The van der Waals surface area contributed by atoms with Crippen molar-refractivity contribution >= 4 is 21.7 Å². The summed E-state index contributed by atoms with van der Waals surface area (Å²) in [6, 6.07) is 2.16. The minimum atomic E-state index is -4.30. The molecule has 1 aromatic carbocycles. The molecule has 1 rings (SSSR count). The summed E-state index contributed by atoms with van der Waals surface area (Å²) in [7, 11) is -4.30. The van der Waals surface area contributed by atoms with Gasteiger partial charge in [-0.1, -0.05) is 0 Å². The van der Waals surface area contributed by atoms with Crippen LogP contribution in [0.1, 0.15) is 20.8 Å². The fraction of sp³-hybridized carbons (Fsp3) is 0.364. The number of sulfonamides is 1. The number of carbonyl (C=O) groups is 1. The number of nitrogen functional groups attached to an aromatic ring is 1. The van der Waals surface area contributed by atoms with Crippen LogP contribution in [0.15, 0.2) is 23.1 Å². The van der Waals surface area contributed by atoms with Crippen molar-refractivity contribution in [3.8, 4) is 0 Å². The summed E-state index contributed by atoms with van der Waals surface area (Å²) in [4.78, 5) is 10.8. The average Bonchev–Trinajstić information content (AvgIpc) is 2.17. The summed E-state index contributed by atoms with van der Waals surface area (Å²) in [5.41, 5.74) is 4.86. The van der Waals surface area contributed by atoms with Gasteiger partial charge in [-0.15, -0.1) is 0 Å². The van der Waals surface area contributed by atoms with Crippen LogP contribution in [-0.2, 0) is 10.0 Å². The molecule has 0 aromatic heterocycles. The summed E-state index contributed by atoms with van der Waals surface area (Å²) in [6.45, 7) is 5.04. The van der Waals surface area contributed by atoms with Gasteiger partial charge in [-0.3, -0.25) is 0 Å². The first-order valence-corrected chi connectivity index (χ1v) is 6.89. The van der Waals surface area contributed by atoms with E-state index in [4.69, 9.17) is 5.73 Å². The lowest BCUT2D eigenvalue weighted by molar-refractivity contribution is 0.237. The Kier molecular flexibility index (Phi) is 4.04. The number of urea groups is 1. The molecule has 106 valence electrons. The van der Waals surface area contributed by atoms with Crippen molar-refractivity contribution in [3.05, 3.63) is 24.0 Å². The number of halogens is 1. The molecule has 0 heterocycles. The Morgan fingerprint density at radius 2 is 1.89 bits per heavy atom. The predicted molar refractivity (Wildman–Crippen MR) is 69.4 cm³/mol. The summed E-state index contributed by atoms with van der Waals surface area (Å²) in [5.74, 6) is -0.981. The molecule has 0 aliphatic heterocycles. The van der Waals surface area contributed by atoms with Gasteiger partial charge < -0.3 is 11.1 Å². The number of hydrogen-bond acceptors (Lipinski definition) is 4. The summed E-state index contributed by atoms with van der Waals surface area (Å²) in [6.07, 6.45) is 0. The minimum Gasteiger partial charge on any atom is -0.399 e. The number of benzene rings is 1. The van der Waals surface area contributed by atoms with Gasteiger partial charge in [0.25, 0.3) is 10.0 Å². The van der Waals surface area contributed by atoms with Gasteiger partial charge in [0.05, 0.1) is 0 Å². The highest BCUT2D eigenvalue weighted by Crippen LogP contribution is 2.17. The molecule has 6 nitrogen and oxygen atoms in total. The Bertz CT molecular complexity index is 594. The van der Waals surface area contributed by atoms with E-state index in [0.717, 1.165) is 12.1 Å². The van der Waals surface area contributed by atoms with E-state index in [1.54, 1.807) is 25.5 Å². The molecule has 0 aliphatic carbocycles. The maximum Gasteiger partial charge on any atom is 0.329 e. The number of carbonyl (C=O) groups excluding carboxylic acids is 1. The zero-order valence-corrected chi connectivity index (χ0v) is 11.6. The number of rotatable bonds is 2. The molecular formula is C11H16FN3O3S. The van der Waals surface area contributed by atoms with Crippen molar-refractivity contribution in [3.63, 3.8) is 0 Å². The van der Waals surface area contributed by atoms with Crippen molar-refractivity contribution < 1.29 is 17.6 Å². The maximum atomic E-state index is 13.4. The van der Waals surface area contributed by atoms with Crippen molar-refractivity contribution in [2.75, 3.05) is 5.73 Å². The number of amides is 2. The molecule has 0 atom stereocenters. The lowest BCUT2D eigenvalue weighted by Crippen LogP contribution is -2.48. The van der Waals surface area contributed by atoms with Crippen LogP contribution in [0.25, 0.3) is 0 Å². The summed E-state index contributed by atoms with van der Waals surface area (Å²) in [5, 5.41) is 2.40. The standard InChI is InChI=1S/C11H16FN3O3S/c1-11(2,3)14-10(16)15-19(17,18)9-6-7(13)4-5-8(9)12/h4-6H,13H2,1-3H3,(H2,14,15,16). The smallest absolute Gasteiger partial charge is 0.329 e. The van der Waals surface area contributed by atoms with Crippen LogP contribution in [0, 0.1) is 5.82 Å². The third-order valence-corrected chi connectivity index (χ3v) is 3.31. The van der Waals surface area contributed by atoms with Gasteiger partial charge in [0.1, 0.15) is 10.7 Å². The molecule has 0 saturated carbocycles. The zero-order valence-electron chi connectivity index (χ0n) is 10.8. The molecule has 8 heteroatoms. The van der Waals surface area contributed by atoms with Crippen LogP contribution >= 0.6 is 0 Å². The van der Waals surface area contributed by atoms with Gasteiger partial charge in [0.15, 0.2) is 0 Å². The van der Waals surface area contributed by atoms with Crippen molar-refractivity contribution in [2.45, 2.75) is 31.2 Å². The predicted octanol–water partition coefficient (Wildman–Crippen LogP) is 1.19. The monoisotopic (exact) mass is 289 g/mol. The fourth-order valence-corrected chi connectivity index (χ4v) is 2.29. The van der Waals surface area contributed by atoms with E-state index in [0.29, 0.717) is 0 Å². The van der Waals surface area contributed by atoms with Gasteiger partial charge in [0.2, 0.25) is 0 Å². The van der Waals surface area contributed by atoms with E-state index < -0.39 is 32.3 Å². The minimum absolute atomic E-state index is 0.0815. The van der Waals surface area contributed by atoms with Gasteiger partial charge in [0, 0.05) is 11.2 Å². The van der Waals surface area contributed by atoms with Gasteiger partial charge in [-0.05, 0) is 39.0 Å². The van der Waals surface area contributed by atoms with Crippen LogP contribution in [0.4, 0.5) is 14.9 Å². The largest absolute Gasteiger partial charge is 0.399 e. The van der Waals surface area contributed by atoms with Crippen LogP contribution in [0.2, 0.25) is 0 Å². The quantitative estimate of drug-likeness (QED) is 0.712. The van der Waals surface area contributed by atoms with Crippen molar-refractivity contribution in [1.82, 2.24) is 10.0 Å². The highest BCUT2D eigenvalue weighted by molar-refractivity contribution is 7.90. The second-order valence-corrected chi connectivity index (χ2v) is 6.65. The highest BCUT2D eigenvalue weighted by Gasteiger charge is 2.24. The van der Waals surface area contributed by atoms with E-state index in [1.165, 1.54) is 6.07 Å². The lowest BCUT2D eigenvalue weighted by Gasteiger charge is -2.20. The SMILES string of the molecule is CC(C)(C)NC(=O)NS(=O)(=O)c1cc(N)ccc1F. The van der Waals surface area contributed by atoms with Crippen LogP contribution in [-0.4, -0.2) is 20.0 Å². The van der Waals surface area contributed by atoms with E-state index in [1.807, 2.05) is 0 Å². The second-order valence-electron chi connectivity index (χ2n) is 5.00. The lowest BCUT2D eigenvalue weighted by atomic mass is 10.1. The first-order valence-electron chi connectivity index (χ1n) is 5.41. The Balaban J connectivity index is 2.99. The molecule has 0 aliphatic rings. The second kappa shape index (κ2) is 5.04. The van der Waals surface area contributed by atoms with E-state index in [-0.39, 0.29) is 5.69 Å². The molecule has 0 saturated heterocycles. The molecule has 4 N–H and O–H groups in total. The van der Waals surface area contributed by atoms with Gasteiger partial charge in [-0.25, -0.2) is 22.3 Å². The van der Waals surface area contributed by atoms with Crippen LogP contribution in [0.5, 0.6) is 0 Å². The van der Waals surface area contributed by atoms with Crippen molar-refractivity contribution in [2.24, 2.45) is 0 Å². The van der Waals surface area contributed by atoms with Crippen LogP contribution in [0.3, 0.4) is 0 Å². The highest BCUT2D eigenvalue weighted by atomic mass is 32.2. The first-order chi connectivity index (χ1) is 8.51. The number of anilines is 1. The van der Waals surface area contributed by atoms with E-state index in [9.17, 15) is 17.6 Å². The third kappa shape index (κ3) is 4.40. The van der Waals surface area contributed by atoms with Crippen LogP contribution < -0.4 is 15.8 Å². The number of nitrogens with two attached hydrogens (primary N) is 1. The van der Waals surface area contributed by atoms with E-state index >= 15 is 0 Å². The molecule has 0 radical (unpaired) electrons. The number of nitrogens with one attached hydrogen (secondary N) is 2. The average molecular weight is 289 g/mol. The topological polar surface area (TPSA) is 101 Å². The molecule has 0 unspecified atom stereocenters. The van der Waals surface area contributed by atoms with Crippen molar-refractivity contribution in [1.29, 1.82) is 0 Å². The molecule has 0 fully saturated rings. The Morgan fingerprint density at radius 1 is 1.32 bits per heavy atom. The van der Waals surface area contributed by atoms with Gasteiger partial charge >= 0.3 is 6.03 Å². The molecule has 0 bridgehead atoms. The third-order valence-electron chi connectivity index (χ3n) is 1.96. The first kappa shape index (κ1) is 15.2. The maximum absolute atomic E-state index is 13.4. The van der Waals surface area contributed by atoms with Gasteiger partial charge in [-0.2, -0.15) is 0 Å². The molecule has 0 spiro atoms. The summed E-state index contributed by atoms with van der Waals surface area (Å²) < 4.78 is 38.8. The normalized spacial score (nSPS) is 12.0.